The van der Waals surface area contributed by atoms with Gasteiger partial charge in [0.2, 0.25) is 0 Å². The zero-order chi connectivity index (χ0) is 13.8. The van der Waals surface area contributed by atoms with Crippen LogP contribution in [-0.4, -0.2) is 6.04 Å². The van der Waals surface area contributed by atoms with E-state index in [1.54, 1.807) is 0 Å². The third-order valence-electron chi connectivity index (χ3n) is 2.98. The number of hydrogen-bond donors (Lipinski definition) is 1. The van der Waals surface area contributed by atoms with Crippen molar-refractivity contribution in [3.63, 3.8) is 0 Å². The van der Waals surface area contributed by atoms with Gasteiger partial charge in [0.05, 0.1) is 10.7 Å². The van der Waals surface area contributed by atoms with Gasteiger partial charge in [-0.1, -0.05) is 41.4 Å². The molecule has 1 unspecified atom stereocenters. The smallest absolute Gasteiger partial charge is 0.0637 e. The summed E-state index contributed by atoms with van der Waals surface area (Å²) < 4.78 is 0. The molecule has 2 aromatic carbocycles. The van der Waals surface area contributed by atoms with E-state index in [2.05, 4.69) is 37.4 Å². The van der Waals surface area contributed by atoms with Crippen LogP contribution in [0, 0.1) is 6.92 Å². The molecule has 0 amide bonds. The van der Waals surface area contributed by atoms with Gasteiger partial charge < -0.3 is 5.32 Å². The molecule has 0 bridgehead atoms. The summed E-state index contributed by atoms with van der Waals surface area (Å²) in [5.41, 5.74) is 3.45. The minimum atomic E-state index is 0.306. The monoisotopic (exact) mass is 293 g/mol. The molecule has 1 nitrogen and oxygen atoms in total. The second kappa shape index (κ2) is 6.31. The first-order valence-corrected chi connectivity index (χ1v) is 7.07. The van der Waals surface area contributed by atoms with Gasteiger partial charge in [0, 0.05) is 11.1 Å². The Kier molecular flexibility index (Phi) is 4.73. The molecule has 100 valence electrons. The van der Waals surface area contributed by atoms with E-state index in [0.717, 1.165) is 22.2 Å². The quantitative estimate of drug-likeness (QED) is 0.802. The van der Waals surface area contributed by atoms with Gasteiger partial charge in [0.15, 0.2) is 0 Å². The largest absolute Gasteiger partial charge is 0.381 e. The molecule has 0 saturated carbocycles. The average molecular weight is 294 g/mol. The van der Waals surface area contributed by atoms with Crippen molar-refractivity contribution in [3.05, 3.63) is 63.6 Å². The highest BCUT2D eigenvalue weighted by Gasteiger charge is 2.06. The van der Waals surface area contributed by atoms with Crippen LogP contribution >= 0.6 is 23.2 Å². The van der Waals surface area contributed by atoms with Gasteiger partial charge in [-0.3, -0.25) is 0 Å². The minimum absolute atomic E-state index is 0.306. The summed E-state index contributed by atoms with van der Waals surface area (Å²) in [4.78, 5) is 0. The predicted molar refractivity (Wildman–Crippen MR) is 84.4 cm³/mol. The lowest BCUT2D eigenvalue weighted by atomic mass is 10.1. The summed E-state index contributed by atoms with van der Waals surface area (Å²) >= 11 is 12.1. The lowest BCUT2D eigenvalue weighted by molar-refractivity contribution is 0.790. The van der Waals surface area contributed by atoms with E-state index in [1.807, 2.05) is 24.3 Å². The second-order valence-electron chi connectivity index (χ2n) is 4.86. The normalized spacial score (nSPS) is 12.2. The molecule has 0 aliphatic heterocycles. The number of anilines is 1. The van der Waals surface area contributed by atoms with Crippen LogP contribution in [0.4, 0.5) is 5.69 Å². The fourth-order valence-electron chi connectivity index (χ4n) is 2.04. The Balaban J connectivity index is 2.02. The van der Waals surface area contributed by atoms with Crippen molar-refractivity contribution in [1.82, 2.24) is 0 Å². The molecule has 0 aromatic heterocycles. The van der Waals surface area contributed by atoms with Gasteiger partial charge in [-0.2, -0.15) is 0 Å². The Morgan fingerprint density at radius 1 is 1.05 bits per heavy atom. The maximum absolute atomic E-state index is 6.18. The Labute approximate surface area is 124 Å². The van der Waals surface area contributed by atoms with Crippen molar-refractivity contribution >= 4 is 28.9 Å². The maximum Gasteiger partial charge on any atom is 0.0637 e. The third kappa shape index (κ3) is 4.15. The van der Waals surface area contributed by atoms with Crippen LogP contribution in [0.1, 0.15) is 18.1 Å². The third-order valence-corrected chi connectivity index (χ3v) is 3.56. The van der Waals surface area contributed by atoms with Gasteiger partial charge in [-0.05, 0) is 55.7 Å². The van der Waals surface area contributed by atoms with Crippen LogP contribution in [0.5, 0.6) is 0 Å². The number of hydrogen-bond acceptors (Lipinski definition) is 1. The second-order valence-corrected chi connectivity index (χ2v) is 5.70. The van der Waals surface area contributed by atoms with Gasteiger partial charge in [0.1, 0.15) is 0 Å². The Morgan fingerprint density at radius 3 is 2.42 bits per heavy atom. The van der Waals surface area contributed by atoms with E-state index in [0.29, 0.717) is 6.04 Å². The lowest BCUT2D eigenvalue weighted by Gasteiger charge is -2.17. The number of rotatable bonds is 4. The van der Waals surface area contributed by atoms with Gasteiger partial charge in [-0.15, -0.1) is 0 Å². The van der Waals surface area contributed by atoms with Crippen LogP contribution in [0.15, 0.2) is 42.5 Å². The highest BCUT2D eigenvalue weighted by molar-refractivity contribution is 6.33. The summed E-state index contributed by atoms with van der Waals surface area (Å²) in [5, 5.41) is 4.98. The summed E-state index contributed by atoms with van der Waals surface area (Å²) in [6, 6.07) is 14.3. The topological polar surface area (TPSA) is 12.0 Å². The molecule has 2 rings (SSSR count). The molecule has 2 aromatic rings. The van der Waals surface area contributed by atoms with Crippen molar-refractivity contribution < 1.29 is 0 Å². The van der Waals surface area contributed by atoms with E-state index < -0.39 is 0 Å². The summed E-state index contributed by atoms with van der Waals surface area (Å²) in [6.07, 6.45) is 0.932. The van der Waals surface area contributed by atoms with Crippen molar-refractivity contribution in [1.29, 1.82) is 0 Å². The fraction of sp³-hybridized carbons (Fsp3) is 0.250. The number of nitrogens with one attached hydrogen (secondary N) is 1. The minimum Gasteiger partial charge on any atom is -0.381 e. The Hall–Kier alpha value is -1.18. The van der Waals surface area contributed by atoms with Crippen LogP contribution in [0.3, 0.4) is 0 Å². The van der Waals surface area contributed by atoms with Crippen LogP contribution in [0.2, 0.25) is 10.0 Å². The molecule has 3 heteroatoms. The van der Waals surface area contributed by atoms with E-state index in [-0.39, 0.29) is 0 Å². The van der Waals surface area contributed by atoms with Gasteiger partial charge in [0.25, 0.3) is 0 Å². The molecule has 0 spiro atoms. The maximum atomic E-state index is 6.18. The number of halogens is 2. The number of aryl methyl sites for hydroxylation is 1. The fourth-order valence-corrected chi connectivity index (χ4v) is 2.34. The first kappa shape index (κ1) is 14.2. The Bertz CT molecular complexity index is 549. The van der Waals surface area contributed by atoms with Crippen LogP contribution < -0.4 is 5.32 Å². The molecule has 0 saturated heterocycles. The molecule has 0 heterocycles. The average Bonchev–Trinajstić information content (AvgIpc) is 2.37. The highest BCUT2D eigenvalue weighted by Crippen LogP contribution is 2.24. The molecule has 0 fully saturated rings. The van der Waals surface area contributed by atoms with Crippen LogP contribution in [0.25, 0.3) is 0 Å². The molecule has 0 radical (unpaired) electrons. The van der Waals surface area contributed by atoms with Crippen LogP contribution in [-0.2, 0) is 6.42 Å². The first-order valence-electron chi connectivity index (χ1n) is 6.32. The number of benzene rings is 2. The van der Waals surface area contributed by atoms with Crippen molar-refractivity contribution in [3.8, 4) is 0 Å². The van der Waals surface area contributed by atoms with E-state index in [4.69, 9.17) is 23.2 Å². The molecular formula is C16H17Cl2N. The summed E-state index contributed by atoms with van der Waals surface area (Å²) in [5.74, 6) is 0. The lowest BCUT2D eigenvalue weighted by Crippen LogP contribution is -2.18. The molecule has 0 aliphatic carbocycles. The van der Waals surface area contributed by atoms with E-state index in [9.17, 15) is 0 Å². The van der Waals surface area contributed by atoms with Crippen molar-refractivity contribution in [2.45, 2.75) is 26.3 Å². The predicted octanol–water partition coefficient (Wildman–Crippen LogP) is 5.34. The van der Waals surface area contributed by atoms with Crippen molar-refractivity contribution in [2.24, 2.45) is 0 Å². The molecule has 1 atom stereocenters. The molecule has 0 aliphatic rings. The zero-order valence-corrected chi connectivity index (χ0v) is 12.6. The molecular weight excluding hydrogens is 277 g/mol. The SMILES string of the molecule is Cc1ccc(Cl)c(NC(C)Cc2ccc(Cl)cc2)c1. The van der Waals surface area contributed by atoms with Crippen molar-refractivity contribution in [2.75, 3.05) is 5.32 Å². The highest BCUT2D eigenvalue weighted by atomic mass is 35.5. The molecule has 1 N–H and O–H groups in total. The first-order chi connectivity index (χ1) is 9.04. The van der Waals surface area contributed by atoms with Gasteiger partial charge >= 0.3 is 0 Å². The van der Waals surface area contributed by atoms with E-state index in [1.165, 1.54) is 11.1 Å². The summed E-state index contributed by atoms with van der Waals surface area (Å²) in [6.45, 7) is 4.21. The Morgan fingerprint density at radius 2 is 1.74 bits per heavy atom. The zero-order valence-electron chi connectivity index (χ0n) is 11.1. The summed E-state index contributed by atoms with van der Waals surface area (Å²) in [7, 11) is 0. The molecule has 19 heavy (non-hydrogen) atoms. The van der Waals surface area contributed by atoms with Gasteiger partial charge in [-0.25, -0.2) is 0 Å². The van der Waals surface area contributed by atoms with E-state index >= 15 is 0 Å². The standard InChI is InChI=1S/C16H17Cl2N/c1-11-3-8-15(18)16(9-11)19-12(2)10-13-4-6-14(17)7-5-13/h3-9,12,19H,10H2,1-2H3.